The predicted molar refractivity (Wildman–Crippen MR) is 98.6 cm³/mol. The zero-order valence-corrected chi connectivity index (χ0v) is 14.9. The van der Waals surface area contributed by atoms with Crippen LogP contribution in [0.2, 0.25) is 10.0 Å². The lowest BCUT2D eigenvalue weighted by Gasteiger charge is -2.30. The molecule has 0 bridgehead atoms. The summed E-state index contributed by atoms with van der Waals surface area (Å²) in [6.07, 6.45) is 3.88. The van der Waals surface area contributed by atoms with E-state index in [1.54, 1.807) is 29.0 Å². The Balaban J connectivity index is 1.86. The van der Waals surface area contributed by atoms with Crippen LogP contribution in [0.1, 0.15) is 31.7 Å². The van der Waals surface area contributed by atoms with E-state index in [2.05, 4.69) is 5.32 Å². The number of hydrogen-bond acceptors (Lipinski definition) is 2. The lowest BCUT2D eigenvalue weighted by Crippen LogP contribution is -2.39. The van der Waals surface area contributed by atoms with Crippen molar-refractivity contribution in [3.8, 4) is 11.1 Å². The lowest BCUT2D eigenvalue weighted by atomic mass is 9.90. The molecule has 1 amide bonds. The molecule has 0 radical (unpaired) electrons. The summed E-state index contributed by atoms with van der Waals surface area (Å²) in [7, 11) is 0. The maximum absolute atomic E-state index is 12.6. The highest BCUT2D eigenvalue weighted by atomic mass is 35.5. The number of carboxylic acid groups (broad SMARTS) is 1. The number of nitrogens with one attached hydrogen (secondary N) is 1. The highest BCUT2D eigenvalue weighted by Gasteiger charge is 2.25. The molecule has 132 valence electrons. The van der Waals surface area contributed by atoms with Crippen molar-refractivity contribution >= 4 is 29.3 Å². The second kappa shape index (κ2) is 7.50. The van der Waals surface area contributed by atoms with Crippen molar-refractivity contribution in [3.63, 3.8) is 0 Å². The van der Waals surface area contributed by atoms with Gasteiger partial charge in [-0.2, -0.15) is 0 Å². The Bertz CT molecular complexity index is 850. The summed E-state index contributed by atoms with van der Waals surface area (Å²) in [4.78, 5) is 23.4. The first-order valence-electron chi connectivity index (χ1n) is 8.11. The van der Waals surface area contributed by atoms with Crippen molar-refractivity contribution < 1.29 is 9.90 Å². The van der Waals surface area contributed by atoms with Gasteiger partial charge < -0.3 is 15.0 Å². The van der Waals surface area contributed by atoms with Crippen LogP contribution >= 0.6 is 23.2 Å². The largest absolute Gasteiger partial charge is 0.465 e. The highest BCUT2D eigenvalue weighted by Crippen LogP contribution is 2.33. The monoisotopic (exact) mass is 380 g/mol. The number of benzene rings is 1. The Morgan fingerprint density at radius 3 is 2.76 bits per heavy atom. The molecule has 5 nitrogen and oxygen atoms in total. The van der Waals surface area contributed by atoms with E-state index in [4.69, 9.17) is 28.3 Å². The molecule has 1 fully saturated rings. The van der Waals surface area contributed by atoms with Crippen LogP contribution in [0, 0.1) is 0 Å². The summed E-state index contributed by atoms with van der Waals surface area (Å²) in [6.45, 7) is 0. The number of nitrogens with zero attached hydrogens (tertiary/aromatic N) is 1. The molecule has 2 aromatic rings. The highest BCUT2D eigenvalue weighted by molar-refractivity contribution is 6.43. The predicted octanol–water partition coefficient (Wildman–Crippen LogP) is 4.57. The fraction of sp³-hybridized carbons (Fsp3) is 0.333. The van der Waals surface area contributed by atoms with Gasteiger partial charge in [-0.1, -0.05) is 35.3 Å². The number of rotatable bonds is 3. The van der Waals surface area contributed by atoms with Crippen LogP contribution in [-0.4, -0.2) is 21.8 Å². The number of carbonyl (C=O) groups is 1. The molecule has 1 aliphatic carbocycles. The molecule has 2 N–H and O–H groups in total. The maximum atomic E-state index is 12.6. The molecule has 0 spiro atoms. The van der Waals surface area contributed by atoms with Crippen LogP contribution in [-0.2, 0) is 0 Å². The first kappa shape index (κ1) is 17.8. The Labute approximate surface area is 155 Å². The number of pyridine rings is 1. The van der Waals surface area contributed by atoms with E-state index in [1.165, 1.54) is 0 Å². The van der Waals surface area contributed by atoms with Crippen molar-refractivity contribution in [2.75, 3.05) is 0 Å². The van der Waals surface area contributed by atoms with Gasteiger partial charge in [-0.15, -0.1) is 0 Å². The van der Waals surface area contributed by atoms with Crippen LogP contribution < -0.4 is 10.9 Å². The maximum Gasteiger partial charge on any atom is 0.404 e. The average Bonchev–Trinajstić information content (AvgIpc) is 2.57. The summed E-state index contributed by atoms with van der Waals surface area (Å²) in [6, 6.07) is 8.57. The first-order valence-corrected chi connectivity index (χ1v) is 8.87. The van der Waals surface area contributed by atoms with Crippen molar-refractivity contribution in [2.24, 2.45) is 0 Å². The fourth-order valence-electron chi connectivity index (χ4n) is 3.41. The van der Waals surface area contributed by atoms with E-state index in [0.717, 1.165) is 19.3 Å². The first-order chi connectivity index (χ1) is 12.0. The van der Waals surface area contributed by atoms with Crippen LogP contribution in [0.4, 0.5) is 4.79 Å². The quantitative estimate of drug-likeness (QED) is 0.818. The molecule has 2 atom stereocenters. The zero-order chi connectivity index (χ0) is 18.0. The van der Waals surface area contributed by atoms with Gasteiger partial charge in [0.15, 0.2) is 0 Å². The van der Waals surface area contributed by atoms with E-state index in [0.29, 0.717) is 27.6 Å². The number of hydrogen-bond donors (Lipinski definition) is 2. The Morgan fingerprint density at radius 1 is 1.24 bits per heavy atom. The van der Waals surface area contributed by atoms with Crippen molar-refractivity contribution in [2.45, 2.75) is 37.8 Å². The fourth-order valence-corrected chi connectivity index (χ4v) is 3.82. The summed E-state index contributed by atoms with van der Waals surface area (Å²) in [5.74, 6) is 0. The smallest absolute Gasteiger partial charge is 0.404 e. The molecular weight excluding hydrogens is 363 g/mol. The van der Waals surface area contributed by atoms with E-state index in [-0.39, 0.29) is 17.6 Å². The summed E-state index contributed by atoms with van der Waals surface area (Å²) < 4.78 is 1.68. The van der Waals surface area contributed by atoms with Gasteiger partial charge in [0, 0.05) is 29.9 Å². The summed E-state index contributed by atoms with van der Waals surface area (Å²) >= 11 is 12.3. The van der Waals surface area contributed by atoms with E-state index in [9.17, 15) is 9.59 Å². The Morgan fingerprint density at radius 2 is 2.04 bits per heavy atom. The minimum absolute atomic E-state index is 0.0121. The van der Waals surface area contributed by atoms with Crippen molar-refractivity contribution in [1.82, 2.24) is 9.88 Å². The molecule has 1 aromatic heterocycles. The van der Waals surface area contributed by atoms with Gasteiger partial charge in [0.1, 0.15) is 0 Å². The van der Waals surface area contributed by atoms with Crippen LogP contribution in [0.25, 0.3) is 11.1 Å². The minimum Gasteiger partial charge on any atom is -0.465 e. The number of halogens is 2. The third-order valence-corrected chi connectivity index (χ3v) is 5.40. The van der Waals surface area contributed by atoms with Gasteiger partial charge in [-0.05, 0) is 43.4 Å². The van der Waals surface area contributed by atoms with E-state index in [1.807, 2.05) is 12.1 Å². The normalized spacial score (nSPS) is 20.2. The van der Waals surface area contributed by atoms with Gasteiger partial charge in [0.2, 0.25) is 0 Å². The van der Waals surface area contributed by atoms with Crippen molar-refractivity contribution in [3.05, 3.63) is 56.9 Å². The molecular formula is C18H18Cl2N2O3. The standard InChI is InChI=1S/C18H18Cl2N2O3/c19-15-6-2-5-14(17(15)20)11-7-8-22(16(23)9-11)13-4-1-3-12(10-13)21-18(24)25/h2,5-9,12-13,21H,1,3-4,10H2,(H,24,25). The molecule has 1 heterocycles. The van der Waals surface area contributed by atoms with Crippen LogP contribution in [0.15, 0.2) is 41.3 Å². The van der Waals surface area contributed by atoms with Gasteiger partial charge in [0.05, 0.1) is 10.0 Å². The topological polar surface area (TPSA) is 71.3 Å². The van der Waals surface area contributed by atoms with Gasteiger partial charge in [0.25, 0.3) is 5.56 Å². The van der Waals surface area contributed by atoms with Crippen molar-refractivity contribution in [1.29, 1.82) is 0 Å². The number of aromatic nitrogens is 1. The van der Waals surface area contributed by atoms with E-state index < -0.39 is 6.09 Å². The molecule has 7 heteroatoms. The molecule has 2 unspecified atom stereocenters. The molecule has 1 aliphatic rings. The lowest BCUT2D eigenvalue weighted by molar-refractivity contribution is 0.181. The van der Waals surface area contributed by atoms with Gasteiger partial charge in [-0.25, -0.2) is 4.79 Å². The molecule has 1 saturated carbocycles. The van der Waals surface area contributed by atoms with Gasteiger partial charge >= 0.3 is 6.09 Å². The molecule has 0 aliphatic heterocycles. The molecule has 3 rings (SSSR count). The second-order valence-electron chi connectivity index (χ2n) is 6.23. The SMILES string of the molecule is O=C(O)NC1CCCC(n2ccc(-c3cccc(Cl)c3Cl)cc2=O)C1. The Hall–Kier alpha value is -1.98. The zero-order valence-electron chi connectivity index (χ0n) is 13.4. The molecule has 25 heavy (non-hydrogen) atoms. The number of amides is 1. The van der Waals surface area contributed by atoms with Crippen LogP contribution in [0.3, 0.4) is 0 Å². The Kier molecular flexibility index (Phi) is 5.35. The molecule has 1 aromatic carbocycles. The van der Waals surface area contributed by atoms with E-state index >= 15 is 0 Å². The van der Waals surface area contributed by atoms with Crippen LogP contribution in [0.5, 0.6) is 0 Å². The molecule has 0 saturated heterocycles. The summed E-state index contributed by atoms with van der Waals surface area (Å²) in [5, 5.41) is 12.3. The third kappa shape index (κ3) is 3.99. The van der Waals surface area contributed by atoms with Gasteiger partial charge in [-0.3, -0.25) is 4.79 Å². The summed E-state index contributed by atoms with van der Waals surface area (Å²) in [5.41, 5.74) is 1.30. The second-order valence-corrected chi connectivity index (χ2v) is 7.01. The average molecular weight is 381 g/mol. The minimum atomic E-state index is -1.02. The third-order valence-electron chi connectivity index (χ3n) is 4.58.